The minimum Gasteiger partial charge on any atom is -0.375 e. The fraction of sp³-hybridized carbons (Fsp3) is 0.192. The maximum atomic E-state index is 13.1. The average molecular weight is 519 g/mol. The van der Waals surface area contributed by atoms with Gasteiger partial charge in [-0.25, -0.2) is 15.0 Å². The SMILES string of the molecule is Cc1cc(C)nc(SCC(=O)N(CC(=O)Nc2ccc(-c3csc(N)n3)cc2)Cc2ccccc2)n1. The molecule has 0 spiro atoms. The Morgan fingerprint density at radius 3 is 2.33 bits per heavy atom. The molecule has 8 nitrogen and oxygen atoms in total. The van der Waals surface area contributed by atoms with E-state index in [0.29, 0.717) is 22.5 Å². The van der Waals surface area contributed by atoms with Crippen LogP contribution in [0.2, 0.25) is 0 Å². The van der Waals surface area contributed by atoms with E-state index in [4.69, 9.17) is 5.73 Å². The quantitative estimate of drug-likeness (QED) is 0.247. The van der Waals surface area contributed by atoms with E-state index in [0.717, 1.165) is 28.2 Å². The van der Waals surface area contributed by atoms with Gasteiger partial charge < -0.3 is 16.0 Å². The summed E-state index contributed by atoms with van der Waals surface area (Å²) < 4.78 is 0. The summed E-state index contributed by atoms with van der Waals surface area (Å²) in [6.07, 6.45) is 0. The second-order valence-corrected chi connectivity index (χ2v) is 9.99. The zero-order chi connectivity index (χ0) is 25.5. The number of aryl methyl sites for hydroxylation is 2. The Kier molecular flexibility index (Phi) is 8.29. The molecule has 0 aliphatic carbocycles. The molecule has 2 heterocycles. The monoisotopic (exact) mass is 518 g/mol. The molecule has 36 heavy (non-hydrogen) atoms. The van der Waals surface area contributed by atoms with Gasteiger partial charge in [0.1, 0.15) is 6.54 Å². The van der Waals surface area contributed by atoms with Crippen LogP contribution in [0.3, 0.4) is 0 Å². The minimum absolute atomic E-state index is 0.0770. The Labute approximate surface area is 218 Å². The third-order valence-corrected chi connectivity index (χ3v) is 6.68. The smallest absolute Gasteiger partial charge is 0.244 e. The molecule has 0 fully saturated rings. The predicted molar refractivity (Wildman–Crippen MR) is 145 cm³/mol. The molecule has 10 heteroatoms. The fourth-order valence-electron chi connectivity index (χ4n) is 3.53. The molecule has 0 aliphatic rings. The van der Waals surface area contributed by atoms with Crippen LogP contribution in [0.4, 0.5) is 10.8 Å². The van der Waals surface area contributed by atoms with E-state index in [1.54, 1.807) is 17.0 Å². The minimum atomic E-state index is -0.280. The highest BCUT2D eigenvalue weighted by Crippen LogP contribution is 2.24. The summed E-state index contributed by atoms with van der Waals surface area (Å²) in [5.41, 5.74) is 10.7. The number of benzene rings is 2. The first-order chi connectivity index (χ1) is 17.4. The van der Waals surface area contributed by atoms with Crippen molar-refractivity contribution in [2.45, 2.75) is 25.5 Å². The highest BCUT2D eigenvalue weighted by molar-refractivity contribution is 7.99. The second kappa shape index (κ2) is 11.8. The lowest BCUT2D eigenvalue weighted by molar-refractivity contribution is -0.132. The van der Waals surface area contributed by atoms with Gasteiger partial charge in [-0.15, -0.1) is 11.3 Å². The first-order valence-electron chi connectivity index (χ1n) is 11.2. The Morgan fingerprint density at radius 2 is 1.69 bits per heavy atom. The van der Waals surface area contributed by atoms with Gasteiger partial charge in [-0.3, -0.25) is 9.59 Å². The van der Waals surface area contributed by atoms with Gasteiger partial charge in [-0.1, -0.05) is 54.2 Å². The standard InChI is InChI=1S/C26H26N6O2S2/c1-17-12-18(2)29-26(28-17)36-16-24(34)32(13-19-6-4-3-5-7-19)14-23(33)30-21-10-8-20(9-11-21)22-15-35-25(27)31-22/h3-12,15H,13-14,16H2,1-2H3,(H2,27,31)(H,30,33). The van der Waals surface area contributed by atoms with Crippen molar-refractivity contribution >= 4 is 45.7 Å². The number of hydrogen-bond acceptors (Lipinski definition) is 8. The number of carbonyl (C=O) groups excluding carboxylic acids is 2. The molecule has 0 unspecified atom stereocenters. The average Bonchev–Trinajstić information content (AvgIpc) is 3.29. The number of rotatable bonds is 9. The third-order valence-electron chi connectivity index (χ3n) is 5.18. The van der Waals surface area contributed by atoms with Crippen molar-refractivity contribution in [2.75, 3.05) is 23.3 Å². The number of nitrogens with one attached hydrogen (secondary N) is 1. The van der Waals surface area contributed by atoms with Crippen molar-refractivity contribution in [3.8, 4) is 11.3 Å². The van der Waals surface area contributed by atoms with Gasteiger partial charge in [-0.05, 0) is 37.6 Å². The Bertz CT molecular complexity index is 1320. The van der Waals surface area contributed by atoms with E-state index in [-0.39, 0.29) is 24.1 Å². The van der Waals surface area contributed by atoms with Gasteiger partial charge in [0.2, 0.25) is 11.8 Å². The first kappa shape index (κ1) is 25.3. The molecule has 0 bridgehead atoms. The summed E-state index contributed by atoms with van der Waals surface area (Å²) in [6, 6.07) is 18.8. The van der Waals surface area contributed by atoms with Gasteiger partial charge in [0.15, 0.2) is 10.3 Å². The normalized spacial score (nSPS) is 10.7. The second-order valence-electron chi connectivity index (χ2n) is 8.15. The summed E-state index contributed by atoms with van der Waals surface area (Å²) >= 11 is 2.65. The topological polar surface area (TPSA) is 114 Å². The van der Waals surface area contributed by atoms with E-state index >= 15 is 0 Å². The van der Waals surface area contributed by atoms with E-state index in [1.807, 2.05) is 67.8 Å². The molecule has 2 amide bonds. The predicted octanol–water partition coefficient (Wildman–Crippen LogP) is 4.56. The van der Waals surface area contributed by atoms with Crippen LogP contribution in [0.25, 0.3) is 11.3 Å². The number of hydrogen-bond donors (Lipinski definition) is 2. The van der Waals surface area contributed by atoms with Crippen LogP contribution >= 0.6 is 23.1 Å². The number of thiazole rings is 1. The van der Waals surface area contributed by atoms with Crippen molar-refractivity contribution in [1.29, 1.82) is 0 Å². The maximum Gasteiger partial charge on any atom is 0.244 e. The largest absolute Gasteiger partial charge is 0.375 e. The van der Waals surface area contributed by atoms with Crippen molar-refractivity contribution in [3.63, 3.8) is 0 Å². The molecular weight excluding hydrogens is 492 g/mol. The van der Waals surface area contributed by atoms with Crippen LogP contribution in [0.5, 0.6) is 0 Å². The van der Waals surface area contributed by atoms with Gasteiger partial charge in [0, 0.05) is 34.6 Å². The summed E-state index contributed by atoms with van der Waals surface area (Å²) in [7, 11) is 0. The van der Waals surface area contributed by atoms with Crippen molar-refractivity contribution in [1.82, 2.24) is 19.9 Å². The van der Waals surface area contributed by atoms with Crippen molar-refractivity contribution in [2.24, 2.45) is 0 Å². The summed E-state index contributed by atoms with van der Waals surface area (Å²) in [4.78, 5) is 40.6. The van der Waals surface area contributed by atoms with Crippen LogP contribution in [-0.2, 0) is 16.1 Å². The van der Waals surface area contributed by atoms with Crippen molar-refractivity contribution in [3.05, 3.63) is 83.0 Å². The van der Waals surface area contributed by atoms with Crippen LogP contribution in [0.1, 0.15) is 17.0 Å². The maximum absolute atomic E-state index is 13.1. The lowest BCUT2D eigenvalue weighted by atomic mass is 10.1. The van der Waals surface area contributed by atoms with Gasteiger partial charge >= 0.3 is 0 Å². The van der Waals surface area contributed by atoms with E-state index in [1.165, 1.54) is 23.1 Å². The lowest BCUT2D eigenvalue weighted by Crippen LogP contribution is -2.38. The molecule has 2 aromatic heterocycles. The van der Waals surface area contributed by atoms with E-state index in [9.17, 15) is 9.59 Å². The van der Waals surface area contributed by atoms with Gasteiger partial charge in [0.25, 0.3) is 0 Å². The molecule has 0 radical (unpaired) electrons. The number of aromatic nitrogens is 3. The van der Waals surface area contributed by atoms with Crippen LogP contribution < -0.4 is 11.1 Å². The zero-order valence-electron chi connectivity index (χ0n) is 20.0. The molecule has 0 atom stereocenters. The van der Waals surface area contributed by atoms with Gasteiger partial charge in [-0.2, -0.15) is 0 Å². The number of nitrogen functional groups attached to an aromatic ring is 1. The number of nitrogens with zero attached hydrogens (tertiary/aromatic N) is 4. The molecule has 0 saturated carbocycles. The Hall–Kier alpha value is -3.76. The van der Waals surface area contributed by atoms with Gasteiger partial charge in [0.05, 0.1) is 11.4 Å². The number of carbonyl (C=O) groups is 2. The summed E-state index contributed by atoms with van der Waals surface area (Å²) in [5, 5.41) is 5.82. The first-order valence-corrected chi connectivity index (χ1v) is 13.1. The Balaban J connectivity index is 1.41. The van der Waals surface area contributed by atoms with E-state index in [2.05, 4.69) is 20.3 Å². The molecular formula is C26H26N6O2S2. The van der Waals surface area contributed by atoms with E-state index < -0.39 is 0 Å². The van der Waals surface area contributed by atoms with Crippen LogP contribution in [-0.4, -0.2) is 44.0 Å². The highest BCUT2D eigenvalue weighted by atomic mass is 32.2. The highest BCUT2D eigenvalue weighted by Gasteiger charge is 2.19. The molecule has 3 N–H and O–H groups in total. The Morgan fingerprint density at radius 1 is 1.00 bits per heavy atom. The molecule has 0 saturated heterocycles. The number of anilines is 2. The van der Waals surface area contributed by atoms with Crippen LogP contribution in [0.15, 0.2) is 71.2 Å². The molecule has 4 aromatic rings. The van der Waals surface area contributed by atoms with Crippen molar-refractivity contribution < 1.29 is 9.59 Å². The summed E-state index contributed by atoms with van der Waals surface area (Å²) in [5.74, 6) is -0.315. The molecule has 4 rings (SSSR count). The molecule has 184 valence electrons. The third kappa shape index (κ3) is 7.12. The molecule has 0 aliphatic heterocycles. The lowest BCUT2D eigenvalue weighted by Gasteiger charge is -2.22. The number of nitrogens with two attached hydrogens (primary N) is 1. The summed E-state index contributed by atoms with van der Waals surface area (Å²) in [6.45, 7) is 4.04. The number of thioether (sulfide) groups is 1. The zero-order valence-corrected chi connectivity index (χ0v) is 21.6. The fourth-order valence-corrected chi connectivity index (χ4v) is 4.95. The van der Waals surface area contributed by atoms with Crippen LogP contribution in [0, 0.1) is 13.8 Å². The molecule has 2 aromatic carbocycles. The number of amides is 2.